The first kappa shape index (κ1) is 15.2. The van der Waals surface area contributed by atoms with Crippen molar-refractivity contribution in [3.8, 4) is 5.75 Å². The summed E-state index contributed by atoms with van der Waals surface area (Å²) in [6, 6.07) is 4.37. The molecule has 0 unspecified atom stereocenters. The maximum Gasteiger partial charge on any atom is 0.131 e. The first-order valence-corrected chi connectivity index (χ1v) is 4.96. The molecule has 2 N–H and O–H groups in total. The van der Waals surface area contributed by atoms with Gasteiger partial charge in [0.05, 0.1) is 7.11 Å². The third-order valence-corrected chi connectivity index (χ3v) is 2.48. The number of hydrogen-bond donors (Lipinski definition) is 1. The standard InChI is InChI=1S/C12H18FNO.ClH/c1-12(2,3)11(14)10-8(13)6-5-7-9(10)15-4;/h5-7,11H,14H2,1-4H3;1H/t11-;/m1./s1. The minimum Gasteiger partial charge on any atom is -0.496 e. The number of benzene rings is 1. The van der Waals surface area contributed by atoms with Gasteiger partial charge in [0.2, 0.25) is 0 Å². The van der Waals surface area contributed by atoms with E-state index in [0.717, 1.165) is 0 Å². The lowest BCUT2D eigenvalue weighted by Crippen LogP contribution is -2.27. The van der Waals surface area contributed by atoms with Gasteiger partial charge in [0, 0.05) is 11.6 Å². The summed E-state index contributed by atoms with van der Waals surface area (Å²) in [4.78, 5) is 0. The van der Waals surface area contributed by atoms with Gasteiger partial charge in [-0.1, -0.05) is 26.8 Å². The van der Waals surface area contributed by atoms with Crippen molar-refractivity contribution in [3.05, 3.63) is 29.6 Å². The molecule has 0 heterocycles. The van der Waals surface area contributed by atoms with Crippen LogP contribution in [0.1, 0.15) is 32.4 Å². The highest BCUT2D eigenvalue weighted by molar-refractivity contribution is 5.85. The van der Waals surface area contributed by atoms with E-state index in [2.05, 4.69) is 0 Å². The Bertz CT molecular complexity index is 349. The lowest BCUT2D eigenvalue weighted by molar-refractivity contribution is 0.305. The van der Waals surface area contributed by atoms with Gasteiger partial charge in [-0.3, -0.25) is 0 Å². The van der Waals surface area contributed by atoms with Gasteiger partial charge in [-0.15, -0.1) is 12.4 Å². The van der Waals surface area contributed by atoms with E-state index in [1.54, 1.807) is 12.1 Å². The minimum absolute atomic E-state index is 0. The Hall–Kier alpha value is -0.800. The Balaban J connectivity index is 0.00000225. The molecule has 92 valence electrons. The second kappa shape index (κ2) is 5.51. The quantitative estimate of drug-likeness (QED) is 0.870. The molecule has 16 heavy (non-hydrogen) atoms. The van der Waals surface area contributed by atoms with Crippen molar-refractivity contribution in [2.45, 2.75) is 26.8 Å². The van der Waals surface area contributed by atoms with Crippen molar-refractivity contribution >= 4 is 12.4 Å². The summed E-state index contributed by atoms with van der Waals surface area (Å²) in [5.41, 5.74) is 6.28. The monoisotopic (exact) mass is 247 g/mol. The summed E-state index contributed by atoms with van der Waals surface area (Å²) in [6.07, 6.45) is 0. The molecule has 0 saturated carbocycles. The lowest BCUT2D eigenvalue weighted by atomic mass is 9.82. The van der Waals surface area contributed by atoms with Crippen molar-refractivity contribution in [1.82, 2.24) is 0 Å². The zero-order valence-electron chi connectivity index (χ0n) is 10.1. The Morgan fingerprint density at radius 3 is 2.31 bits per heavy atom. The topological polar surface area (TPSA) is 35.2 Å². The smallest absolute Gasteiger partial charge is 0.131 e. The number of halogens is 2. The summed E-state index contributed by atoms with van der Waals surface area (Å²) in [6.45, 7) is 5.93. The van der Waals surface area contributed by atoms with Gasteiger partial charge < -0.3 is 10.5 Å². The summed E-state index contributed by atoms with van der Waals surface area (Å²) in [5.74, 6) is 0.203. The van der Waals surface area contributed by atoms with E-state index < -0.39 is 0 Å². The van der Waals surface area contributed by atoms with Crippen molar-refractivity contribution in [2.24, 2.45) is 11.1 Å². The molecule has 4 heteroatoms. The summed E-state index contributed by atoms with van der Waals surface area (Å²) >= 11 is 0. The van der Waals surface area contributed by atoms with Gasteiger partial charge in [0.15, 0.2) is 0 Å². The van der Waals surface area contributed by atoms with Gasteiger partial charge in [0.1, 0.15) is 11.6 Å². The lowest BCUT2D eigenvalue weighted by Gasteiger charge is -2.28. The first-order chi connectivity index (χ1) is 6.88. The van der Waals surface area contributed by atoms with Crippen molar-refractivity contribution in [3.63, 3.8) is 0 Å². The van der Waals surface area contributed by atoms with Gasteiger partial charge in [-0.2, -0.15) is 0 Å². The van der Waals surface area contributed by atoms with Crippen LogP contribution in [0.15, 0.2) is 18.2 Å². The number of nitrogens with two attached hydrogens (primary N) is 1. The molecule has 0 spiro atoms. The molecule has 2 nitrogen and oxygen atoms in total. The second-order valence-electron chi connectivity index (χ2n) is 4.70. The van der Waals surface area contributed by atoms with E-state index in [4.69, 9.17) is 10.5 Å². The van der Waals surface area contributed by atoms with E-state index >= 15 is 0 Å². The second-order valence-corrected chi connectivity index (χ2v) is 4.70. The molecule has 1 rings (SSSR count). The van der Waals surface area contributed by atoms with Crippen LogP contribution >= 0.6 is 12.4 Å². The van der Waals surface area contributed by atoms with Gasteiger partial charge >= 0.3 is 0 Å². The molecular weight excluding hydrogens is 229 g/mol. The molecule has 1 atom stereocenters. The maximum atomic E-state index is 13.7. The minimum atomic E-state index is -0.381. The van der Waals surface area contributed by atoms with Crippen LogP contribution in [0.2, 0.25) is 0 Å². The summed E-state index contributed by atoms with van der Waals surface area (Å²) < 4.78 is 18.8. The molecule has 0 aliphatic heterocycles. The van der Waals surface area contributed by atoms with Gasteiger partial charge in [0.25, 0.3) is 0 Å². The predicted molar refractivity (Wildman–Crippen MR) is 66.6 cm³/mol. The van der Waals surface area contributed by atoms with Gasteiger partial charge in [-0.25, -0.2) is 4.39 Å². The molecule has 1 aromatic rings. The van der Waals surface area contributed by atoms with Gasteiger partial charge in [-0.05, 0) is 17.5 Å². The van der Waals surface area contributed by atoms with Crippen LogP contribution in [0, 0.1) is 11.2 Å². The molecule has 0 aliphatic rings. The van der Waals surface area contributed by atoms with Crippen LogP contribution < -0.4 is 10.5 Å². The molecule has 0 bridgehead atoms. The number of rotatable bonds is 2. The largest absolute Gasteiger partial charge is 0.496 e. The summed E-state index contributed by atoms with van der Waals surface area (Å²) in [7, 11) is 1.52. The normalized spacial score (nSPS) is 12.9. The molecule has 0 aliphatic carbocycles. The third kappa shape index (κ3) is 3.09. The summed E-state index contributed by atoms with van der Waals surface area (Å²) in [5, 5.41) is 0. The van der Waals surface area contributed by atoms with Crippen LogP contribution in [-0.4, -0.2) is 7.11 Å². The molecule has 0 saturated heterocycles. The fourth-order valence-electron chi connectivity index (χ4n) is 1.43. The molecule has 1 aromatic carbocycles. The Kier molecular flexibility index (Phi) is 5.23. The highest BCUT2D eigenvalue weighted by Gasteiger charge is 2.27. The van der Waals surface area contributed by atoms with Crippen molar-refractivity contribution in [1.29, 1.82) is 0 Å². The van der Waals surface area contributed by atoms with Crippen LogP contribution in [0.5, 0.6) is 5.75 Å². The van der Waals surface area contributed by atoms with E-state index in [0.29, 0.717) is 11.3 Å². The number of ether oxygens (including phenoxy) is 1. The molecular formula is C12H19ClFNO. The van der Waals surface area contributed by atoms with Crippen LogP contribution in [0.25, 0.3) is 0 Å². The molecule has 0 aromatic heterocycles. The average Bonchev–Trinajstić information content (AvgIpc) is 2.15. The number of hydrogen-bond acceptors (Lipinski definition) is 2. The molecule has 0 radical (unpaired) electrons. The zero-order chi connectivity index (χ0) is 11.6. The third-order valence-electron chi connectivity index (χ3n) is 2.48. The van der Waals surface area contributed by atoms with E-state index in [-0.39, 0.29) is 29.7 Å². The zero-order valence-corrected chi connectivity index (χ0v) is 10.9. The average molecular weight is 248 g/mol. The Morgan fingerprint density at radius 1 is 1.31 bits per heavy atom. The predicted octanol–water partition coefficient (Wildman–Crippen LogP) is 3.30. The van der Waals surface area contributed by atoms with Crippen molar-refractivity contribution in [2.75, 3.05) is 7.11 Å². The Labute approximate surface area is 102 Å². The first-order valence-electron chi connectivity index (χ1n) is 4.96. The SMILES string of the molecule is COc1cccc(F)c1[C@@H](N)C(C)(C)C.Cl. The fraction of sp³-hybridized carbons (Fsp3) is 0.500. The van der Waals surface area contributed by atoms with Crippen LogP contribution in [0.4, 0.5) is 4.39 Å². The maximum absolute atomic E-state index is 13.7. The molecule has 0 fully saturated rings. The Morgan fingerprint density at radius 2 is 1.88 bits per heavy atom. The molecule has 0 amide bonds. The highest BCUT2D eigenvalue weighted by atomic mass is 35.5. The fourth-order valence-corrected chi connectivity index (χ4v) is 1.43. The van der Waals surface area contributed by atoms with Crippen LogP contribution in [-0.2, 0) is 0 Å². The highest BCUT2D eigenvalue weighted by Crippen LogP contribution is 2.36. The van der Waals surface area contributed by atoms with Crippen LogP contribution in [0.3, 0.4) is 0 Å². The number of methoxy groups -OCH3 is 1. The van der Waals surface area contributed by atoms with E-state index in [1.807, 2.05) is 20.8 Å². The van der Waals surface area contributed by atoms with Crippen molar-refractivity contribution < 1.29 is 9.13 Å². The van der Waals surface area contributed by atoms with E-state index in [1.165, 1.54) is 13.2 Å². The van der Waals surface area contributed by atoms with E-state index in [9.17, 15) is 4.39 Å².